The summed E-state index contributed by atoms with van der Waals surface area (Å²) in [6.07, 6.45) is 6.18. The van der Waals surface area contributed by atoms with Crippen molar-refractivity contribution in [1.82, 2.24) is 0 Å². The molecule has 3 aromatic rings. The average molecular weight is 437 g/mol. The van der Waals surface area contributed by atoms with Gasteiger partial charge in [0.25, 0.3) is 11.8 Å². The van der Waals surface area contributed by atoms with Crippen LogP contribution in [0.1, 0.15) is 40.0 Å². The first kappa shape index (κ1) is 20.6. The average Bonchev–Trinajstić information content (AvgIpc) is 3.36. The fourth-order valence-corrected chi connectivity index (χ4v) is 4.16. The van der Waals surface area contributed by atoms with Crippen LogP contribution < -0.4 is 9.64 Å². The topological polar surface area (TPSA) is 80.8 Å². The summed E-state index contributed by atoms with van der Waals surface area (Å²) in [7, 11) is 0. The molecule has 33 heavy (non-hydrogen) atoms. The summed E-state index contributed by atoms with van der Waals surface area (Å²) in [5.74, 6) is -1.34. The summed E-state index contributed by atoms with van der Waals surface area (Å²) < 4.78 is 5.38. The number of esters is 1. The number of rotatable bonds is 6. The van der Waals surface area contributed by atoms with Gasteiger partial charge in [-0.15, -0.1) is 0 Å². The third kappa shape index (κ3) is 3.76. The Morgan fingerprint density at radius 1 is 0.879 bits per heavy atom. The van der Waals surface area contributed by atoms with Crippen LogP contribution in [-0.2, 0) is 9.59 Å². The lowest BCUT2D eigenvalue weighted by atomic mass is 9.94. The van der Waals surface area contributed by atoms with Crippen molar-refractivity contribution in [2.75, 3.05) is 4.90 Å². The van der Waals surface area contributed by atoms with Crippen LogP contribution in [0.4, 0.5) is 5.69 Å². The van der Waals surface area contributed by atoms with Crippen molar-refractivity contribution in [3.63, 3.8) is 0 Å². The Balaban J connectivity index is 1.35. The summed E-state index contributed by atoms with van der Waals surface area (Å²) >= 11 is 0. The molecule has 5 rings (SSSR count). The molecule has 162 valence electrons. The molecule has 6 nitrogen and oxygen atoms in total. The molecule has 0 atom stereocenters. The molecule has 2 amide bonds. The number of carbonyl (C=O) groups excluding carboxylic acids is 4. The molecule has 0 unspecified atom stereocenters. The number of imide groups is 1. The van der Waals surface area contributed by atoms with Crippen LogP contribution in [0.25, 0.3) is 10.8 Å². The summed E-state index contributed by atoms with van der Waals surface area (Å²) in [6, 6.07) is 17.0. The highest BCUT2D eigenvalue weighted by Crippen LogP contribution is 2.33. The molecular formula is C27H19NO5. The van der Waals surface area contributed by atoms with Gasteiger partial charge in [-0.2, -0.15) is 0 Å². The molecule has 0 saturated heterocycles. The Bertz CT molecular complexity index is 1350. The molecule has 0 aromatic heterocycles. The highest BCUT2D eigenvalue weighted by atomic mass is 16.5. The van der Waals surface area contributed by atoms with E-state index < -0.39 is 17.8 Å². The normalized spacial score (nSPS) is 14.5. The smallest absolute Gasteiger partial charge is 0.311 e. The van der Waals surface area contributed by atoms with E-state index in [0.29, 0.717) is 27.8 Å². The van der Waals surface area contributed by atoms with Crippen LogP contribution in [0.2, 0.25) is 0 Å². The monoisotopic (exact) mass is 437 g/mol. The van der Waals surface area contributed by atoms with Gasteiger partial charge in [0.2, 0.25) is 0 Å². The quantitative estimate of drug-likeness (QED) is 0.315. The summed E-state index contributed by atoms with van der Waals surface area (Å²) in [5, 5.41) is 1.47. The maximum Gasteiger partial charge on any atom is 0.311 e. The van der Waals surface area contributed by atoms with Crippen LogP contribution in [-0.4, -0.2) is 23.6 Å². The number of hydrogen-bond donors (Lipinski definition) is 0. The van der Waals surface area contributed by atoms with E-state index in [1.807, 2.05) is 24.3 Å². The Kier molecular flexibility index (Phi) is 5.18. The number of ether oxygens (including phenoxy) is 1. The molecule has 0 N–H and O–H groups in total. The van der Waals surface area contributed by atoms with Crippen molar-refractivity contribution >= 4 is 40.0 Å². The Hall–Kier alpha value is -4.32. The molecule has 0 bridgehead atoms. The lowest BCUT2D eigenvalue weighted by molar-refractivity contribution is -0.135. The molecule has 2 aliphatic rings. The molecule has 0 fully saturated rings. The van der Waals surface area contributed by atoms with Crippen LogP contribution in [0.3, 0.4) is 0 Å². The second kappa shape index (κ2) is 8.31. The molecular weight excluding hydrogens is 418 g/mol. The first-order chi connectivity index (χ1) is 16.0. The predicted octanol–water partition coefficient (Wildman–Crippen LogP) is 4.78. The molecule has 1 heterocycles. The highest BCUT2D eigenvalue weighted by molar-refractivity contribution is 6.35. The van der Waals surface area contributed by atoms with E-state index >= 15 is 0 Å². The molecule has 0 spiro atoms. The van der Waals surface area contributed by atoms with Gasteiger partial charge in [-0.25, -0.2) is 4.90 Å². The molecule has 1 aliphatic carbocycles. The number of Topliss-reactive ketones (excluding diaryl/α,β-unsaturated/α-hetero) is 1. The summed E-state index contributed by atoms with van der Waals surface area (Å²) in [4.78, 5) is 51.9. The predicted molar refractivity (Wildman–Crippen MR) is 123 cm³/mol. The van der Waals surface area contributed by atoms with Crippen molar-refractivity contribution in [2.24, 2.45) is 0 Å². The van der Waals surface area contributed by atoms with E-state index in [-0.39, 0.29) is 24.4 Å². The van der Waals surface area contributed by atoms with Gasteiger partial charge < -0.3 is 4.74 Å². The number of allylic oxidation sites excluding steroid dienone is 4. The third-order valence-electron chi connectivity index (χ3n) is 5.73. The Morgan fingerprint density at radius 3 is 2.24 bits per heavy atom. The van der Waals surface area contributed by atoms with E-state index in [9.17, 15) is 19.2 Å². The van der Waals surface area contributed by atoms with Crippen LogP contribution in [0, 0.1) is 0 Å². The largest absolute Gasteiger partial charge is 0.426 e. The minimum absolute atomic E-state index is 0.0542. The second-order valence-corrected chi connectivity index (χ2v) is 7.85. The van der Waals surface area contributed by atoms with E-state index in [4.69, 9.17) is 4.74 Å². The van der Waals surface area contributed by atoms with Crippen molar-refractivity contribution in [1.29, 1.82) is 0 Å². The molecule has 0 radical (unpaired) electrons. The van der Waals surface area contributed by atoms with Gasteiger partial charge >= 0.3 is 5.97 Å². The summed E-state index contributed by atoms with van der Waals surface area (Å²) in [6.45, 7) is 0. The maximum atomic E-state index is 13.2. The van der Waals surface area contributed by atoms with Crippen molar-refractivity contribution in [2.45, 2.75) is 19.3 Å². The van der Waals surface area contributed by atoms with Crippen molar-refractivity contribution in [3.05, 3.63) is 95.6 Å². The zero-order valence-corrected chi connectivity index (χ0v) is 17.6. The number of amides is 2. The lowest BCUT2D eigenvalue weighted by Crippen LogP contribution is -2.40. The molecule has 0 saturated carbocycles. The summed E-state index contributed by atoms with van der Waals surface area (Å²) in [5.41, 5.74) is 1.80. The number of hydrogen-bond acceptors (Lipinski definition) is 5. The number of carbonyl (C=O) groups is 4. The minimum atomic E-state index is -0.561. The van der Waals surface area contributed by atoms with Gasteiger partial charge in [-0.3, -0.25) is 19.2 Å². The second-order valence-electron chi connectivity index (χ2n) is 7.85. The highest BCUT2D eigenvalue weighted by Gasteiger charge is 2.34. The molecule has 6 heteroatoms. The van der Waals surface area contributed by atoms with Gasteiger partial charge in [0, 0.05) is 34.6 Å². The zero-order valence-electron chi connectivity index (χ0n) is 17.6. The first-order valence-electron chi connectivity index (χ1n) is 10.6. The Labute approximate surface area is 189 Å². The molecule has 3 aromatic carbocycles. The van der Waals surface area contributed by atoms with E-state index in [1.54, 1.807) is 48.5 Å². The van der Waals surface area contributed by atoms with Gasteiger partial charge in [-0.1, -0.05) is 48.6 Å². The minimum Gasteiger partial charge on any atom is -0.426 e. The first-order valence-corrected chi connectivity index (χ1v) is 10.6. The Morgan fingerprint density at radius 2 is 1.58 bits per heavy atom. The van der Waals surface area contributed by atoms with Crippen molar-refractivity contribution in [3.8, 4) is 5.75 Å². The fourth-order valence-electron chi connectivity index (χ4n) is 4.16. The van der Waals surface area contributed by atoms with E-state index in [2.05, 4.69) is 0 Å². The SMILES string of the molecule is O=C(CCC(=O)C1=CCC=C1)Oc1cccc(N2C(=O)c3cccc4cccc(c34)C2=O)c1. The number of benzene rings is 3. The van der Waals surface area contributed by atoms with Crippen LogP contribution >= 0.6 is 0 Å². The fraction of sp³-hybridized carbons (Fsp3) is 0.111. The van der Waals surface area contributed by atoms with E-state index in [0.717, 1.165) is 16.7 Å². The van der Waals surface area contributed by atoms with Crippen LogP contribution in [0.15, 0.2) is 84.5 Å². The van der Waals surface area contributed by atoms with Gasteiger partial charge in [0.05, 0.1) is 12.1 Å². The maximum absolute atomic E-state index is 13.2. The number of anilines is 1. The lowest BCUT2D eigenvalue weighted by Gasteiger charge is -2.27. The van der Waals surface area contributed by atoms with E-state index in [1.165, 1.54) is 6.07 Å². The number of ketones is 1. The number of nitrogens with zero attached hydrogens (tertiary/aromatic N) is 1. The van der Waals surface area contributed by atoms with Crippen LogP contribution in [0.5, 0.6) is 5.75 Å². The van der Waals surface area contributed by atoms with Gasteiger partial charge in [0.15, 0.2) is 5.78 Å². The molecule has 1 aliphatic heterocycles. The standard InChI is InChI=1S/C27H19NO5/c29-23(17-6-1-2-7-17)14-15-24(30)33-20-11-5-10-19(16-20)28-26(31)21-12-3-8-18-9-4-13-22(25(18)21)27(28)32/h1,3-13,16H,2,14-15H2. The van der Waals surface area contributed by atoms with Crippen molar-refractivity contribution < 1.29 is 23.9 Å². The van der Waals surface area contributed by atoms with Gasteiger partial charge in [0.1, 0.15) is 5.75 Å². The zero-order chi connectivity index (χ0) is 22.9. The third-order valence-corrected chi connectivity index (χ3v) is 5.73. The van der Waals surface area contributed by atoms with Gasteiger partial charge in [-0.05, 0) is 36.1 Å².